The van der Waals surface area contributed by atoms with Crippen LogP contribution in [0.15, 0.2) is 23.4 Å². The molecule has 8 heteroatoms. The molecule has 2 heterocycles. The van der Waals surface area contributed by atoms with Crippen LogP contribution in [-0.2, 0) is 10.0 Å². The summed E-state index contributed by atoms with van der Waals surface area (Å²) in [5, 5.41) is 12.5. The molecule has 0 bridgehead atoms. The van der Waals surface area contributed by atoms with Crippen LogP contribution in [0.2, 0.25) is 0 Å². The van der Waals surface area contributed by atoms with Crippen LogP contribution >= 0.6 is 0 Å². The Hall–Kier alpha value is -1.09. The lowest BCUT2D eigenvalue weighted by Crippen LogP contribution is -2.45. The predicted molar refractivity (Wildman–Crippen MR) is 66.4 cm³/mol. The fraction of sp³-hybridized carbons (Fsp3) is 0.545. The molecule has 0 amide bonds. The summed E-state index contributed by atoms with van der Waals surface area (Å²) in [6.07, 6.45) is 1.67. The Bertz CT molecular complexity index is 558. The van der Waals surface area contributed by atoms with Crippen LogP contribution in [-0.4, -0.2) is 55.1 Å². The Morgan fingerprint density at radius 3 is 2.95 bits per heavy atom. The third kappa shape index (κ3) is 2.92. The molecule has 19 heavy (non-hydrogen) atoms. The minimum atomic E-state index is -4.04. The Morgan fingerprint density at radius 2 is 2.37 bits per heavy atom. The van der Waals surface area contributed by atoms with E-state index < -0.39 is 26.5 Å². The average Bonchev–Trinajstić information content (AvgIpc) is 2.76. The molecule has 6 nitrogen and oxygen atoms in total. The number of likely N-dealkylation sites (N-methyl/N-ethyl adjacent to an activating group) is 1. The number of nitrogens with zero attached hydrogens (tertiary/aromatic N) is 2. The molecular weight excluding hydrogens is 273 g/mol. The zero-order valence-electron chi connectivity index (χ0n) is 10.5. The Balaban J connectivity index is 2.22. The van der Waals surface area contributed by atoms with Crippen molar-refractivity contribution in [1.29, 1.82) is 0 Å². The highest BCUT2D eigenvalue weighted by molar-refractivity contribution is 7.89. The number of pyridine rings is 1. The molecule has 1 unspecified atom stereocenters. The van der Waals surface area contributed by atoms with Gasteiger partial charge in [-0.25, -0.2) is 17.8 Å². The molecule has 0 aromatic carbocycles. The van der Waals surface area contributed by atoms with Gasteiger partial charge in [0, 0.05) is 26.3 Å². The second-order valence-corrected chi connectivity index (χ2v) is 6.66. The zero-order valence-corrected chi connectivity index (χ0v) is 11.3. The summed E-state index contributed by atoms with van der Waals surface area (Å²) in [4.78, 5) is 3.57. The number of sulfonamides is 1. The summed E-state index contributed by atoms with van der Waals surface area (Å²) in [5.74, 6) is -0.897. The Labute approximate surface area is 111 Å². The van der Waals surface area contributed by atoms with E-state index in [0.717, 1.165) is 10.4 Å². The second-order valence-electron chi connectivity index (χ2n) is 4.70. The number of aliphatic hydroxyl groups is 1. The third-order valence-corrected chi connectivity index (χ3v) is 4.86. The minimum absolute atomic E-state index is 0.0989. The number of aromatic nitrogens is 1. The maximum atomic E-state index is 13.5. The van der Waals surface area contributed by atoms with Gasteiger partial charge in [-0.05, 0) is 25.1 Å². The second kappa shape index (κ2) is 5.12. The molecule has 0 spiro atoms. The third-order valence-electron chi connectivity index (χ3n) is 3.12. The van der Waals surface area contributed by atoms with Gasteiger partial charge in [0.05, 0.1) is 5.60 Å². The van der Waals surface area contributed by atoms with E-state index in [9.17, 15) is 17.9 Å². The number of rotatable bonds is 4. The van der Waals surface area contributed by atoms with Gasteiger partial charge in [0.1, 0.15) is 0 Å². The molecule has 0 saturated carbocycles. The van der Waals surface area contributed by atoms with Gasteiger partial charge in [-0.2, -0.15) is 4.31 Å². The van der Waals surface area contributed by atoms with E-state index in [1.165, 1.54) is 19.3 Å². The van der Waals surface area contributed by atoms with E-state index in [1.54, 1.807) is 0 Å². The maximum absolute atomic E-state index is 13.5. The predicted octanol–water partition coefficient (Wildman–Crippen LogP) is -0.434. The molecule has 1 aliphatic heterocycles. The first kappa shape index (κ1) is 14.3. The van der Waals surface area contributed by atoms with Gasteiger partial charge in [-0.1, -0.05) is 0 Å². The van der Waals surface area contributed by atoms with Gasteiger partial charge in [0.2, 0.25) is 5.03 Å². The summed E-state index contributed by atoms with van der Waals surface area (Å²) >= 11 is 0. The highest BCUT2D eigenvalue weighted by Crippen LogP contribution is 2.20. The van der Waals surface area contributed by atoms with Crippen LogP contribution < -0.4 is 5.32 Å². The molecule has 1 aromatic rings. The highest BCUT2D eigenvalue weighted by Gasteiger charge is 2.37. The van der Waals surface area contributed by atoms with Crippen LogP contribution in [0.4, 0.5) is 4.39 Å². The molecule has 2 rings (SSSR count). The Morgan fingerprint density at radius 1 is 1.63 bits per heavy atom. The number of hydrogen-bond donors (Lipinski definition) is 2. The lowest BCUT2D eigenvalue weighted by atomic mass is 10.0. The SMILES string of the molecule is CN(CC1(O)CCNC1)S(=O)(=O)c1ncccc1F. The van der Waals surface area contributed by atoms with Crippen molar-refractivity contribution in [2.24, 2.45) is 0 Å². The van der Waals surface area contributed by atoms with Crippen molar-refractivity contribution in [2.45, 2.75) is 17.0 Å². The van der Waals surface area contributed by atoms with Gasteiger partial charge in [0.25, 0.3) is 10.0 Å². The maximum Gasteiger partial charge on any atom is 0.263 e. The molecule has 1 saturated heterocycles. The first-order chi connectivity index (χ1) is 8.85. The molecule has 0 radical (unpaired) electrons. The van der Waals surface area contributed by atoms with E-state index in [1.807, 2.05) is 0 Å². The van der Waals surface area contributed by atoms with Crippen LogP contribution in [0, 0.1) is 5.82 Å². The smallest absolute Gasteiger partial charge is 0.263 e. The fourth-order valence-corrected chi connectivity index (χ4v) is 3.29. The van der Waals surface area contributed by atoms with Gasteiger partial charge in [0.15, 0.2) is 5.82 Å². The lowest BCUT2D eigenvalue weighted by Gasteiger charge is -2.27. The fourth-order valence-electron chi connectivity index (χ4n) is 2.07. The van der Waals surface area contributed by atoms with E-state index >= 15 is 0 Å². The number of hydrogen-bond acceptors (Lipinski definition) is 5. The molecule has 0 aliphatic carbocycles. The summed E-state index contributed by atoms with van der Waals surface area (Å²) < 4.78 is 38.8. The summed E-state index contributed by atoms with van der Waals surface area (Å²) in [7, 11) is -2.73. The monoisotopic (exact) mass is 289 g/mol. The standard InChI is InChI=1S/C11H16FN3O3S/c1-15(8-11(16)4-6-13-7-11)19(17,18)10-9(12)3-2-5-14-10/h2-3,5,13,16H,4,6-8H2,1H3. The molecule has 1 aliphatic rings. The van der Waals surface area contributed by atoms with Crippen molar-refractivity contribution in [1.82, 2.24) is 14.6 Å². The molecule has 2 N–H and O–H groups in total. The summed E-state index contributed by atoms with van der Waals surface area (Å²) in [6.45, 7) is 0.845. The van der Waals surface area contributed by atoms with Crippen molar-refractivity contribution in [3.05, 3.63) is 24.1 Å². The molecular formula is C11H16FN3O3S. The number of nitrogens with one attached hydrogen (secondary N) is 1. The molecule has 106 valence electrons. The van der Waals surface area contributed by atoms with Gasteiger partial charge >= 0.3 is 0 Å². The van der Waals surface area contributed by atoms with Crippen molar-refractivity contribution in [3.8, 4) is 0 Å². The van der Waals surface area contributed by atoms with E-state index in [4.69, 9.17) is 0 Å². The van der Waals surface area contributed by atoms with Crippen LogP contribution in [0.3, 0.4) is 0 Å². The van der Waals surface area contributed by atoms with E-state index in [-0.39, 0.29) is 6.54 Å². The van der Waals surface area contributed by atoms with E-state index in [0.29, 0.717) is 19.5 Å². The van der Waals surface area contributed by atoms with E-state index in [2.05, 4.69) is 10.3 Å². The molecule has 1 aromatic heterocycles. The highest BCUT2D eigenvalue weighted by atomic mass is 32.2. The largest absolute Gasteiger partial charge is 0.387 e. The first-order valence-corrected chi connectivity index (χ1v) is 7.29. The normalized spacial score (nSPS) is 24.0. The van der Waals surface area contributed by atoms with Gasteiger partial charge < -0.3 is 10.4 Å². The first-order valence-electron chi connectivity index (χ1n) is 5.85. The Kier molecular flexibility index (Phi) is 3.86. The average molecular weight is 289 g/mol. The van der Waals surface area contributed by atoms with Crippen LogP contribution in [0.5, 0.6) is 0 Å². The van der Waals surface area contributed by atoms with Crippen molar-refractivity contribution < 1.29 is 17.9 Å². The van der Waals surface area contributed by atoms with Crippen LogP contribution in [0.1, 0.15) is 6.42 Å². The van der Waals surface area contributed by atoms with Crippen molar-refractivity contribution in [2.75, 3.05) is 26.7 Å². The number of halogens is 1. The minimum Gasteiger partial charge on any atom is -0.387 e. The van der Waals surface area contributed by atoms with Crippen molar-refractivity contribution in [3.63, 3.8) is 0 Å². The van der Waals surface area contributed by atoms with Crippen molar-refractivity contribution >= 4 is 10.0 Å². The van der Waals surface area contributed by atoms with Crippen LogP contribution in [0.25, 0.3) is 0 Å². The zero-order chi connectivity index (χ0) is 14.1. The topological polar surface area (TPSA) is 82.5 Å². The van der Waals surface area contributed by atoms with Gasteiger partial charge in [-0.15, -0.1) is 0 Å². The van der Waals surface area contributed by atoms with Gasteiger partial charge in [-0.3, -0.25) is 0 Å². The quantitative estimate of drug-likeness (QED) is 0.785. The summed E-state index contributed by atoms with van der Waals surface area (Å²) in [5.41, 5.74) is -1.12. The summed E-state index contributed by atoms with van der Waals surface area (Å²) in [6, 6.07) is 2.36. The number of β-amino-alcohol motifs (C(OH)–C–C–N with tert-alkyl or cyclic N) is 1. The lowest BCUT2D eigenvalue weighted by molar-refractivity contribution is 0.0461. The molecule has 1 fully saturated rings. The molecule has 1 atom stereocenters.